The minimum absolute atomic E-state index is 0.201. The number of carbonyl (C=O) groups is 3. The van der Waals surface area contributed by atoms with E-state index < -0.39 is 60.3 Å². The Hall–Kier alpha value is -5.29. The number of aromatic nitrogens is 2. The summed E-state index contributed by atoms with van der Waals surface area (Å²) >= 11 is 0. The molecule has 1 aromatic heterocycles. The van der Waals surface area contributed by atoms with Gasteiger partial charge in [-0.15, -0.1) is 0 Å². The van der Waals surface area contributed by atoms with Gasteiger partial charge in [-0.05, 0) is 36.4 Å². The van der Waals surface area contributed by atoms with Gasteiger partial charge in [0.05, 0.1) is 16.7 Å². The largest absolute Gasteiger partial charge is 0.459 e. The highest BCUT2D eigenvalue weighted by atomic mass is 16.7. The average molecular weight is 558 g/mol. The molecule has 4 atom stereocenters. The molecule has 0 spiro atoms. The van der Waals surface area contributed by atoms with Crippen molar-refractivity contribution in [2.75, 3.05) is 6.61 Å². The van der Waals surface area contributed by atoms with Crippen LogP contribution < -0.4 is 11.2 Å². The number of nitrogens with one attached hydrogen (secondary N) is 1. The highest BCUT2D eigenvalue weighted by molar-refractivity contribution is 5.91. The number of benzene rings is 3. The molecule has 2 heterocycles. The maximum Gasteiger partial charge on any atom is 0.338 e. The van der Waals surface area contributed by atoms with Gasteiger partial charge < -0.3 is 18.9 Å². The van der Waals surface area contributed by atoms with Crippen molar-refractivity contribution < 1.29 is 33.3 Å². The lowest BCUT2D eigenvalue weighted by atomic mass is 10.1. The molecular formula is C30H24N2O9. The number of nitrogens with zero attached hydrogens (tertiary/aromatic N) is 1. The molecule has 41 heavy (non-hydrogen) atoms. The molecule has 1 aliphatic rings. The minimum atomic E-state index is -1.38. The Labute approximate surface area is 232 Å². The molecule has 3 aromatic carbocycles. The van der Waals surface area contributed by atoms with Crippen LogP contribution in [0.5, 0.6) is 0 Å². The maximum atomic E-state index is 13.1. The first-order valence-electron chi connectivity index (χ1n) is 12.6. The Morgan fingerprint density at radius 3 is 1.68 bits per heavy atom. The lowest BCUT2D eigenvalue weighted by molar-refractivity contribution is -0.0640. The summed E-state index contributed by atoms with van der Waals surface area (Å²) in [6.45, 7) is -0.408. The standard InChI is InChI=1S/C30H24N2O9/c33-23-16-17-32(30(37)31-23)26-25(41-29(36)21-14-8-3-9-15-21)24(40-28(35)20-12-6-2-7-13-20)22(39-26)18-38-27(34)19-10-4-1-5-11-19/h1-17,22,24-26H,18H2,(H,31,33,37)/i17+1. The van der Waals surface area contributed by atoms with Gasteiger partial charge in [-0.2, -0.15) is 0 Å². The van der Waals surface area contributed by atoms with Crippen LogP contribution in [0.1, 0.15) is 37.3 Å². The fourth-order valence-electron chi connectivity index (χ4n) is 4.31. The smallest absolute Gasteiger partial charge is 0.338 e. The van der Waals surface area contributed by atoms with Crippen molar-refractivity contribution in [3.8, 4) is 0 Å². The predicted molar refractivity (Wildman–Crippen MR) is 143 cm³/mol. The summed E-state index contributed by atoms with van der Waals surface area (Å²) in [5.74, 6) is -2.19. The Balaban J connectivity index is 1.50. The van der Waals surface area contributed by atoms with E-state index in [2.05, 4.69) is 4.98 Å². The van der Waals surface area contributed by atoms with E-state index in [9.17, 15) is 24.0 Å². The third kappa shape index (κ3) is 6.31. The highest BCUT2D eigenvalue weighted by Gasteiger charge is 2.51. The Kier molecular flexibility index (Phi) is 8.16. The van der Waals surface area contributed by atoms with Crippen molar-refractivity contribution in [2.24, 2.45) is 0 Å². The Morgan fingerprint density at radius 1 is 0.683 bits per heavy atom. The van der Waals surface area contributed by atoms with E-state index in [0.717, 1.165) is 10.6 Å². The topological polar surface area (TPSA) is 143 Å². The van der Waals surface area contributed by atoms with Gasteiger partial charge in [0, 0.05) is 12.3 Å². The molecule has 0 radical (unpaired) electrons. The van der Waals surface area contributed by atoms with Gasteiger partial charge >= 0.3 is 23.6 Å². The van der Waals surface area contributed by atoms with E-state index in [0.29, 0.717) is 0 Å². The zero-order chi connectivity index (χ0) is 28.8. The summed E-state index contributed by atoms with van der Waals surface area (Å²) in [5, 5.41) is 0. The molecule has 0 saturated carbocycles. The summed E-state index contributed by atoms with van der Waals surface area (Å²) < 4.78 is 24.1. The molecule has 1 saturated heterocycles. The van der Waals surface area contributed by atoms with E-state index >= 15 is 0 Å². The van der Waals surface area contributed by atoms with Crippen molar-refractivity contribution >= 4 is 17.9 Å². The first-order valence-corrected chi connectivity index (χ1v) is 12.6. The molecule has 0 amide bonds. The number of esters is 3. The van der Waals surface area contributed by atoms with E-state index in [1.165, 1.54) is 30.5 Å². The number of rotatable bonds is 8. The van der Waals surface area contributed by atoms with Crippen LogP contribution in [0.4, 0.5) is 0 Å². The van der Waals surface area contributed by atoms with Crippen molar-refractivity contribution in [3.63, 3.8) is 0 Å². The molecule has 0 bridgehead atoms. The summed E-state index contributed by atoms with van der Waals surface area (Å²) in [5.41, 5.74) is -0.804. The first kappa shape index (κ1) is 27.3. The molecule has 1 aliphatic heterocycles. The zero-order valence-corrected chi connectivity index (χ0v) is 21.5. The fourth-order valence-corrected chi connectivity index (χ4v) is 4.31. The number of hydrogen-bond acceptors (Lipinski definition) is 9. The maximum absolute atomic E-state index is 13.1. The lowest BCUT2D eigenvalue weighted by Gasteiger charge is -2.25. The number of hydrogen-bond donors (Lipinski definition) is 1. The van der Waals surface area contributed by atoms with Crippen molar-refractivity contribution in [3.05, 3.63) is 141 Å². The van der Waals surface area contributed by atoms with E-state index in [-0.39, 0.29) is 16.7 Å². The second kappa shape index (κ2) is 12.3. The molecule has 4 aromatic rings. The number of H-pyrrole nitrogens is 1. The fraction of sp³-hybridized carbons (Fsp3) is 0.167. The van der Waals surface area contributed by atoms with Crippen LogP contribution in [-0.2, 0) is 18.9 Å². The second-order valence-corrected chi connectivity index (χ2v) is 9.02. The monoisotopic (exact) mass is 557 g/mol. The SMILES string of the molecule is O=C(OCC1OC(n2[13cH]cc(=O)[nH]c2=O)C(OC(=O)c2ccccc2)C1OC(=O)c1ccccc1)c1ccccc1. The van der Waals surface area contributed by atoms with E-state index in [1.807, 2.05) is 0 Å². The van der Waals surface area contributed by atoms with Crippen LogP contribution >= 0.6 is 0 Å². The highest BCUT2D eigenvalue weighted by Crippen LogP contribution is 2.34. The lowest BCUT2D eigenvalue weighted by Crippen LogP contribution is -2.43. The van der Waals surface area contributed by atoms with Crippen molar-refractivity contribution in [1.82, 2.24) is 9.55 Å². The molecule has 1 N–H and O–H groups in total. The molecular weight excluding hydrogens is 533 g/mol. The minimum Gasteiger partial charge on any atom is -0.459 e. The van der Waals surface area contributed by atoms with Crippen LogP contribution in [-0.4, -0.2) is 52.4 Å². The van der Waals surface area contributed by atoms with Crippen LogP contribution in [0.2, 0.25) is 0 Å². The molecule has 5 rings (SSSR count). The van der Waals surface area contributed by atoms with Gasteiger partial charge in [-0.3, -0.25) is 14.3 Å². The van der Waals surface area contributed by atoms with Gasteiger partial charge in [0.25, 0.3) is 5.56 Å². The van der Waals surface area contributed by atoms with Crippen LogP contribution in [0.3, 0.4) is 0 Å². The third-order valence-corrected chi connectivity index (χ3v) is 6.30. The second-order valence-electron chi connectivity index (χ2n) is 9.02. The zero-order valence-electron chi connectivity index (χ0n) is 21.5. The number of carbonyl (C=O) groups excluding carboxylic acids is 3. The molecule has 0 aliphatic carbocycles. The number of ether oxygens (including phenoxy) is 4. The quantitative estimate of drug-likeness (QED) is 0.256. The molecule has 1 fully saturated rings. The summed E-state index contributed by atoms with van der Waals surface area (Å²) in [6, 6.07) is 25.5. The molecule has 4 unspecified atom stereocenters. The molecule has 11 nitrogen and oxygen atoms in total. The Bertz CT molecular complexity index is 1640. The van der Waals surface area contributed by atoms with Gasteiger partial charge in [0.1, 0.15) is 12.7 Å². The third-order valence-electron chi connectivity index (χ3n) is 6.30. The Morgan fingerprint density at radius 2 is 1.17 bits per heavy atom. The summed E-state index contributed by atoms with van der Waals surface area (Å²) in [4.78, 5) is 65.5. The number of aromatic amines is 1. The molecule has 208 valence electrons. The predicted octanol–water partition coefficient (Wildman–Crippen LogP) is 2.74. The van der Waals surface area contributed by atoms with Crippen LogP contribution in [0.15, 0.2) is 113 Å². The van der Waals surface area contributed by atoms with Crippen molar-refractivity contribution in [2.45, 2.75) is 24.5 Å². The van der Waals surface area contributed by atoms with Gasteiger partial charge in [-0.25, -0.2) is 19.2 Å². The van der Waals surface area contributed by atoms with Crippen LogP contribution in [0, 0.1) is 0 Å². The summed E-state index contributed by atoms with van der Waals surface area (Å²) in [7, 11) is 0. The van der Waals surface area contributed by atoms with Crippen LogP contribution in [0.25, 0.3) is 0 Å². The van der Waals surface area contributed by atoms with E-state index in [1.54, 1.807) is 66.7 Å². The van der Waals surface area contributed by atoms with Gasteiger partial charge in [0.15, 0.2) is 18.4 Å². The summed E-state index contributed by atoms with van der Waals surface area (Å²) in [6.07, 6.45) is -4.03. The average Bonchev–Trinajstić information content (AvgIpc) is 3.33. The first-order chi connectivity index (χ1) is 19.9. The normalized spacial score (nSPS) is 19.7. The molecule has 11 heteroatoms. The van der Waals surface area contributed by atoms with Crippen molar-refractivity contribution in [1.29, 1.82) is 0 Å². The van der Waals surface area contributed by atoms with E-state index in [4.69, 9.17) is 18.9 Å². The van der Waals surface area contributed by atoms with Gasteiger partial charge in [-0.1, -0.05) is 54.6 Å². The van der Waals surface area contributed by atoms with Gasteiger partial charge in [0.2, 0.25) is 0 Å².